The highest BCUT2D eigenvalue weighted by molar-refractivity contribution is 8.00. The summed E-state index contributed by atoms with van der Waals surface area (Å²) in [6.07, 6.45) is 16.0. The SMILES string of the molecule is C1CCC(NC2CCCCC2)CC1.O=C(O)[C@H](CSC(c1ccccc1)(c1ccccc1)c1ccccc1)N=Cc1ccccc1O. The van der Waals surface area contributed by atoms with Crippen molar-refractivity contribution in [3.8, 4) is 5.75 Å². The van der Waals surface area contributed by atoms with Gasteiger partial charge in [0.1, 0.15) is 5.75 Å². The van der Waals surface area contributed by atoms with Crippen LogP contribution in [0.15, 0.2) is 120 Å². The second-order valence-corrected chi connectivity index (χ2v) is 13.9. The van der Waals surface area contributed by atoms with E-state index in [1.54, 1.807) is 36.0 Å². The maximum Gasteiger partial charge on any atom is 0.329 e. The lowest BCUT2D eigenvalue weighted by Gasteiger charge is -2.36. The van der Waals surface area contributed by atoms with Crippen LogP contribution in [-0.4, -0.2) is 46.3 Å². The summed E-state index contributed by atoms with van der Waals surface area (Å²) in [6, 6.07) is 37.9. The Balaban J connectivity index is 0.000000277. The van der Waals surface area contributed by atoms with Gasteiger partial charge in [-0.2, -0.15) is 0 Å². The monoisotopic (exact) mass is 648 g/mol. The molecule has 0 saturated heterocycles. The first-order valence-electron chi connectivity index (χ1n) is 17.2. The number of hydrogen-bond acceptors (Lipinski definition) is 5. The number of rotatable bonds is 11. The molecule has 0 unspecified atom stereocenters. The number of aliphatic carboxylic acids is 1. The quantitative estimate of drug-likeness (QED) is 0.112. The molecule has 0 radical (unpaired) electrons. The summed E-state index contributed by atoms with van der Waals surface area (Å²) in [5.74, 6) is -0.713. The van der Waals surface area contributed by atoms with E-state index >= 15 is 0 Å². The molecule has 6 heteroatoms. The minimum absolute atomic E-state index is 0.0650. The standard InChI is InChI=1S/C29H25NO3S.C12H23N/c31-27-19-11-10-12-22(27)20-30-26(28(32)33)21-34-29(23-13-4-1-5-14-23,24-15-6-2-7-16-24)25-17-8-3-9-18-25;1-3-7-11(8-4-1)13-12-9-5-2-6-10-12/h1-20,26,31H,21H2,(H,32,33);11-13H,1-10H2/t26-;/m0./s1. The summed E-state index contributed by atoms with van der Waals surface area (Å²) in [6.45, 7) is 0. The normalized spacial score (nSPS) is 16.7. The molecule has 3 N–H and O–H groups in total. The third-order valence-corrected chi connectivity index (χ3v) is 10.9. The Morgan fingerprint density at radius 3 is 1.55 bits per heavy atom. The van der Waals surface area contributed by atoms with Crippen LogP contribution in [-0.2, 0) is 9.54 Å². The number of aliphatic imine (C=N–C) groups is 1. The topological polar surface area (TPSA) is 81.9 Å². The maximum atomic E-state index is 12.1. The summed E-state index contributed by atoms with van der Waals surface area (Å²) in [5, 5.41) is 23.8. The van der Waals surface area contributed by atoms with Gasteiger partial charge in [-0.15, -0.1) is 11.8 Å². The van der Waals surface area contributed by atoms with E-state index in [1.165, 1.54) is 70.4 Å². The largest absolute Gasteiger partial charge is 0.507 e. The summed E-state index contributed by atoms with van der Waals surface area (Å²) < 4.78 is -0.623. The Bertz CT molecular complexity index is 1410. The minimum Gasteiger partial charge on any atom is -0.507 e. The summed E-state index contributed by atoms with van der Waals surface area (Å²) in [5.41, 5.74) is 3.67. The van der Waals surface area contributed by atoms with Gasteiger partial charge in [0.2, 0.25) is 0 Å². The molecule has 47 heavy (non-hydrogen) atoms. The highest BCUT2D eigenvalue weighted by Gasteiger charge is 2.38. The van der Waals surface area contributed by atoms with Gasteiger partial charge in [0, 0.05) is 29.6 Å². The second-order valence-electron chi connectivity index (χ2n) is 12.6. The van der Waals surface area contributed by atoms with Gasteiger partial charge in [0.25, 0.3) is 0 Å². The van der Waals surface area contributed by atoms with E-state index in [1.807, 2.05) is 54.6 Å². The van der Waals surface area contributed by atoms with E-state index < -0.39 is 16.8 Å². The van der Waals surface area contributed by atoms with Crippen molar-refractivity contribution in [2.75, 3.05) is 5.75 Å². The molecular formula is C41H48N2O3S. The first kappa shape index (κ1) is 34.5. The number of benzene rings is 4. The van der Waals surface area contributed by atoms with Gasteiger partial charge in [0.15, 0.2) is 6.04 Å². The predicted molar refractivity (Wildman–Crippen MR) is 196 cm³/mol. The Labute approximate surface area is 284 Å². The molecule has 0 heterocycles. The zero-order valence-electron chi connectivity index (χ0n) is 27.2. The number of carbonyl (C=O) groups is 1. The number of phenols is 1. The van der Waals surface area contributed by atoms with E-state index in [9.17, 15) is 15.0 Å². The Hall–Kier alpha value is -3.87. The van der Waals surface area contributed by atoms with Crippen molar-refractivity contribution in [1.29, 1.82) is 0 Å². The highest BCUT2D eigenvalue weighted by atomic mass is 32.2. The van der Waals surface area contributed by atoms with Crippen molar-refractivity contribution in [3.63, 3.8) is 0 Å². The smallest absolute Gasteiger partial charge is 0.329 e. The number of carboxylic acid groups (broad SMARTS) is 1. The third-order valence-electron chi connectivity index (χ3n) is 9.30. The van der Waals surface area contributed by atoms with Crippen LogP contribution in [0.5, 0.6) is 5.75 Å². The number of phenolic OH excluding ortho intramolecular Hbond substituents is 1. The lowest BCUT2D eigenvalue weighted by atomic mass is 9.84. The van der Waals surface area contributed by atoms with Crippen molar-refractivity contribution < 1.29 is 15.0 Å². The van der Waals surface area contributed by atoms with Crippen molar-refractivity contribution in [2.24, 2.45) is 4.99 Å². The lowest BCUT2D eigenvalue weighted by Crippen LogP contribution is -2.40. The van der Waals surface area contributed by atoms with Crippen LogP contribution >= 0.6 is 11.8 Å². The van der Waals surface area contributed by atoms with Crippen molar-refractivity contribution in [1.82, 2.24) is 5.32 Å². The molecular weight excluding hydrogens is 601 g/mol. The lowest BCUT2D eigenvalue weighted by molar-refractivity contribution is -0.137. The van der Waals surface area contributed by atoms with Gasteiger partial charge in [0.05, 0.1) is 4.75 Å². The maximum absolute atomic E-state index is 12.1. The molecule has 4 aromatic carbocycles. The molecule has 2 saturated carbocycles. The molecule has 2 aliphatic rings. The van der Waals surface area contributed by atoms with Crippen LogP contribution in [0.1, 0.15) is 86.5 Å². The second kappa shape index (κ2) is 17.9. The average Bonchev–Trinajstić information content (AvgIpc) is 3.13. The van der Waals surface area contributed by atoms with Gasteiger partial charge < -0.3 is 15.5 Å². The van der Waals surface area contributed by atoms with E-state index in [2.05, 4.69) is 46.7 Å². The summed E-state index contributed by atoms with van der Waals surface area (Å²) in [7, 11) is 0. The molecule has 1 atom stereocenters. The zero-order chi connectivity index (χ0) is 32.7. The fraction of sp³-hybridized carbons (Fsp3) is 0.366. The Morgan fingerprint density at radius 2 is 1.13 bits per heavy atom. The molecule has 4 aromatic rings. The van der Waals surface area contributed by atoms with Gasteiger partial charge in [-0.25, -0.2) is 4.79 Å². The first-order valence-corrected chi connectivity index (χ1v) is 18.2. The van der Waals surface area contributed by atoms with E-state index in [0.29, 0.717) is 5.56 Å². The predicted octanol–water partition coefficient (Wildman–Crippen LogP) is 9.23. The number of para-hydroxylation sites is 1. The number of aromatic hydroxyl groups is 1. The first-order chi connectivity index (χ1) is 23.1. The molecule has 0 aromatic heterocycles. The Morgan fingerprint density at radius 1 is 0.702 bits per heavy atom. The molecule has 0 spiro atoms. The fourth-order valence-electron chi connectivity index (χ4n) is 6.79. The molecule has 0 aliphatic heterocycles. The highest BCUT2D eigenvalue weighted by Crippen LogP contribution is 2.48. The van der Waals surface area contributed by atoms with Crippen LogP contribution in [0.2, 0.25) is 0 Å². The van der Waals surface area contributed by atoms with Crippen molar-refractivity contribution >= 4 is 23.9 Å². The zero-order valence-corrected chi connectivity index (χ0v) is 28.0. The van der Waals surface area contributed by atoms with E-state index in [0.717, 1.165) is 28.8 Å². The molecule has 6 rings (SSSR count). The van der Waals surface area contributed by atoms with Gasteiger partial charge in [-0.1, -0.05) is 142 Å². The van der Waals surface area contributed by atoms with E-state index in [4.69, 9.17) is 0 Å². The van der Waals surface area contributed by atoms with Crippen molar-refractivity contribution in [3.05, 3.63) is 138 Å². The van der Waals surface area contributed by atoms with Crippen LogP contribution < -0.4 is 5.32 Å². The molecule has 246 valence electrons. The van der Waals surface area contributed by atoms with Gasteiger partial charge >= 0.3 is 5.97 Å². The molecule has 5 nitrogen and oxygen atoms in total. The fourth-order valence-corrected chi connectivity index (χ4v) is 8.33. The van der Waals surface area contributed by atoms with Crippen molar-refractivity contribution in [2.45, 2.75) is 87.1 Å². The molecule has 0 amide bonds. The van der Waals surface area contributed by atoms with Crippen LogP contribution in [0, 0.1) is 0 Å². The summed E-state index contributed by atoms with van der Waals surface area (Å²) >= 11 is 1.55. The number of nitrogens with zero attached hydrogens (tertiary/aromatic N) is 1. The number of hydrogen-bond donors (Lipinski definition) is 3. The average molecular weight is 649 g/mol. The minimum atomic E-state index is -1.01. The molecule has 2 aliphatic carbocycles. The van der Waals surface area contributed by atoms with Crippen LogP contribution in [0.25, 0.3) is 0 Å². The summed E-state index contributed by atoms with van der Waals surface area (Å²) in [4.78, 5) is 16.5. The molecule has 0 bridgehead atoms. The molecule has 2 fully saturated rings. The number of carboxylic acids is 1. The van der Waals surface area contributed by atoms with Gasteiger partial charge in [-0.3, -0.25) is 4.99 Å². The number of thioether (sulfide) groups is 1. The van der Waals surface area contributed by atoms with Crippen LogP contribution in [0.4, 0.5) is 0 Å². The third kappa shape index (κ3) is 9.59. The van der Waals surface area contributed by atoms with Crippen LogP contribution in [0.3, 0.4) is 0 Å². The van der Waals surface area contributed by atoms with E-state index in [-0.39, 0.29) is 11.5 Å². The van der Waals surface area contributed by atoms with Gasteiger partial charge in [-0.05, 0) is 54.5 Å². The Kier molecular flexibility index (Phi) is 13.1. The number of nitrogens with one attached hydrogen (secondary N) is 1.